The number of anilines is 1. The summed E-state index contributed by atoms with van der Waals surface area (Å²) in [4.78, 5) is 17.0. The van der Waals surface area contributed by atoms with E-state index in [0.717, 1.165) is 11.3 Å². The normalized spacial score (nSPS) is 11.1. The van der Waals surface area contributed by atoms with Crippen molar-refractivity contribution in [3.05, 3.63) is 83.4 Å². The summed E-state index contributed by atoms with van der Waals surface area (Å²) in [5.41, 5.74) is 3.49. The molecule has 0 atom stereocenters. The van der Waals surface area contributed by atoms with Crippen LogP contribution in [-0.4, -0.2) is 17.5 Å². The Bertz CT molecular complexity index is 1210. The van der Waals surface area contributed by atoms with Gasteiger partial charge in [0.25, 0.3) is 0 Å². The molecule has 0 aliphatic rings. The van der Waals surface area contributed by atoms with E-state index in [0.29, 0.717) is 39.9 Å². The van der Waals surface area contributed by atoms with E-state index >= 15 is 0 Å². The number of nitrogens with one attached hydrogen (secondary N) is 1. The smallest absolute Gasteiger partial charge is 0.248 e. The largest absolute Gasteiger partial charge is 0.494 e. The molecule has 1 heterocycles. The number of para-hydroxylation sites is 1. The molecule has 30 heavy (non-hydrogen) atoms. The second-order valence-electron chi connectivity index (χ2n) is 6.50. The molecule has 0 radical (unpaired) electrons. The van der Waals surface area contributed by atoms with Gasteiger partial charge in [0, 0.05) is 11.1 Å². The van der Waals surface area contributed by atoms with Gasteiger partial charge < -0.3 is 14.5 Å². The third-order valence-corrected chi connectivity index (χ3v) is 4.62. The highest BCUT2D eigenvalue weighted by Gasteiger charge is 2.13. The Balaban J connectivity index is 1.52. The summed E-state index contributed by atoms with van der Waals surface area (Å²) >= 11 is 6.03. The number of aromatic nitrogens is 1. The van der Waals surface area contributed by atoms with Gasteiger partial charge in [-0.05, 0) is 61.0 Å². The van der Waals surface area contributed by atoms with Crippen LogP contribution in [0.1, 0.15) is 12.5 Å². The minimum atomic E-state index is -0.254. The third-order valence-electron chi connectivity index (χ3n) is 4.38. The molecule has 0 saturated heterocycles. The molecule has 4 aromatic rings. The van der Waals surface area contributed by atoms with Crippen LogP contribution in [0.4, 0.5) is 5.69 Å². The molecule has 0 fully saturated rings. The number of hydrogen-bond acceptors (Lipinski definition) is 4. The summed E-state index contributed by atoms with van der Waals surface area (Å²) in [5.74, 6) is 0.960. The molecule has 1 amide bonds. The Hall–Kier alpha value is -3.57. The molecule has 0 aliphatic heterocycles. The van der Waals surface area contributed by atoms with Crippen molar-refractivity contribution in [3.8, 4) is 17.2 Å². The van der Waals surface area contributed by atoms with Crippen LogP contribution in [-0.2, 0) is 4.79 Å². The Labute approximate surface area is 179 Å². The molecule has 3 aromatic carbocycles. The van der Waals surface area contributed by atoms with E-state index in [-0.39, 0.29) is 5.91 Å². The van der Waals surface area contributed by atoms with Crippen LogP contribution in [0, 0.1) is 0 Å². The van der Waals surface area contributed by atoms with Crippen LogP contribution in [0.2, 0.25) is 5.02 Å². The number of ether oxygens (including phenoxy) is 1. The molecule has 0 spiro atoms. The molecule has 0 saturated carbocycles. The minimum absolute atomic E-state index is 0.254. The molecule has 0 aliphatic carbocycles. The number of carbonyl (C=O) groups is 1. The lowest BCUT2D eigenvalue weighted by Crippen LogP contribution is -2.08. The summed E-state index contributed by atoms with van der Waals surface area (Å²) < 4.78 is 11.3. The van der Waals surface area contributed by atoms with Gasteiger partial charge in [-0.25, -0.2) is 4.98 Å². The van der Waals surface area contributed by atoms with Crippen LogP contribution in [0.3, 0.4) is 0 Å². The topological polar surface area (TPSA) is 64.4 Å². The second kappa shape index (κ2) is 8.84. The molecule has 6 heteroatoms. The average Bonchev–Trinajstić information content (AvgIpc) is 3.17. The quantitative estimate of drug-likeness (QED) is 0.379. The SMILES string of the molecule is CCOc1ccc(C=CC(=O)Nc2ccccc2-c2nc3cc(Cl)ccc3o2)cc1. The number of rotatable bonds is 6. The fourth-order valence-electron chi connectivity index (χ4n) is 2.98. The lowest BCUT2D eigenvalue weighted by molar-refractivity contribution is -0.111. The summed E-state index contributed by atoms with van der Waals surface area (Å²) in [5, 5.41) is 3.48. The molecular formula is C24H19ClN2O3. The van der Waals surface area contributed by atoms with Gasteiger partial charge in [0.15, 0.2) is 5.58 Å². The highest BCUT2D eigenvalue weighted by molar-refractivity contribution is 6.31. The maximum absolute atomic E-state index is 12.5. The first-order chi connectivity index (χ1) is 14.6. The van der Waals surface area contributed by atoms with E-state index in [9.17, 15) is 4.79 Å². The van der Waals surface area contributed by atoms with Crippen LogP contribution < -0.4 is 10.1 Å². The molecule has 1 aromatic heterocycles. The third kappa shape index (κ3) is 4.53. The first kappa shape index (κ1) is 19.7. The fourth-order valence-corrected chi connectivity index (χ4v) is 3.15. The van der Waals surface area contributed by atoms with E-state index in [1.54, 1.807) is 30.3 Å². The minimum Gasteiger partial charge on any atom is -0.494 e. The van der Waals surface area contributed by atoms with Crippen molar-refractivity contribution >= 4 is 40.4 Å². The number of fused-ring (bicyclic) bond motifs is 1. The van der Waals surface area contributed by atoms with Gasteiger partial charge >= 0.3 is 0 Å². The fraction of sp³-hybridized carbons (Fsp3) is 0.0833. The lowest BCUT2D eigenvalue weighted by atomic mass is 10.1. The van der Waals surface area contributed by atoms with Gasteiger partial charge in [-0.3, -0.25) is 4.79 Å². The van der Waals surface area contributed by atoms with Gasteiger partial charge in [-0.1, -0.05) is 35.9 Å². The van der Waals surface area contributed by atoms with Crippen molar-refractivity contribution in [2.45, 2.75) is 6.92 Å². The van der Waals surface area contributed by atoms with E-state index < -0.39 is 0 Å². The zero-order chi connectivity index (χ0) is 20.9. The molecule has 150 valence electrons. The lowest BCUT2D eigenvalue weighted by Gasteiger charge is -2.07. The Morgan fingerprint density at radius 1 is 1.13 bits per heavy atom. The van der Waals surface area contributed by atoms with Gasteiger partial charge in [-0.2, -0.15) is 0 Å². The van der Waals surface area contributed by atoms with Gasteiger partial charge in [0.05, 0.1) is 17.9 Å². The summed E-state index contributed by atoms with van der Waals surface area (Å²) in [6.07, 6.45) is 3.23. The number of halogens is 1. The number of carbonyl (C=O) groups excluding carboxylic acids is 1. The molecular weight excluding hydrogens is 400 g/mol. The predicted octanol–water partition coefficient (Wildman–Crippen LogP) is 6.20. The van der Waals surface area contributed by atoms with Crippen LogP contribution in [0.15, 0.2) is 77.2 Å². The molecule has 0 bridgehead atoms. The summed E-state index contributed by atoms with van der Waals surface area (Å²) in [7, 11) is 0. The molecule has 1 N–H and O–H groups in total. The number of benzene rings is 3. The Morgan fingerprint density at radius 3 is 2.73 bits per heavy atom. The average molecular weight is 419 g/mol. The first-order valence-corrected chi connectivity index (χ1v) is 9.87. The van der Waals surface area contributed by atoms with Gasteiger partial charge in [-0.15, -0.1) is 0 Å². The van der Waals surface area contributed by atoms with E-state index in [1.165, 1.54) is 6.08 Å². The van der Waals surface area contributed by atoms with Crippen molar-refractivity contribution < 1.29 is 13.9 Å². The van der Waals surface area contributed by atoms with Crippen LogP contribution in [0.5, 0.6) is 5.75 Å². The molecule has 4 rings (SSSR count). The zero-order valence-corrected chi connectivity index (χ0v) is 17.0. The number of nitrogens with zero attached hydrogens (tertiary/aromatic N) is 1. The van der Waals surface area contributed by atoms with Crippen molar-refractivity contribution in [3.63, 3.8) is 0 Å². The van der Waals surface area contributed by atoms with E-state index in [1.807, 2.05) is 49.4 Å². The Kier molecular flexibility index (Phi) is 5.82. The van der Waals surface area contributed by atoms with Gasteiger partial charge in [0.1, 0.15) is 11.3 Å². The van der Waals surface area contributed by atoms with Crippen molar-refractivity contribution in [2.24, 2.45) is 0 Å². The second-order valence-corrected chi connectivity index (χ2v) is 6.94. The summed E-state index contributed by atoms with van der Waals surface area (Å²) in [6, 6.07) is 20.2. The monoisotopic (exact) mass is 418 g/mol. The highest BCUT2D eigenvalue weighted by atomic mass is 35.5. The van der Waals surface area contributed by atoms with Crippen LogP contribution >= 0.6 is 11.6 Å². The molecule has 0 unspecified atom stereocenters. The highest BCUT2D eigenvalue weighted by Crippen LogP contribution is 2.31. The molecule has 5 nitrogen and oxygen atoms in total. The maximum Gasteiger partial charge on any atom is 0.248 e. The van der Waals surface area contributed by atoms with Crippen molar-refractivity contribution in [2.75, 3.05) is 11.9 Å². The van der Waals surface area contributed by atoms with Crippen LogP contribution in [0.25, 0.3) is 28.6 Å². The number of oxazole rings is 1. The maximum atomic E-state index is 12.5. The zero-order valence-electron chi connectivity index (χ0n) is 16.3. The number of amides is 1. The first-order valence-electron chi connectivity index (χ1n) is 9.50. The van der Waals surface area contributed by atoms with Gasteiger partial charge in [0.2, 0.25) is 11.8 Å². The standard InChI is InChI=1S/C24H19ClN2O3/c1-2-29-18-11-7-16(8-12-18)9-14-23(28)26-20-6-4-3-5-19(20)24-27-21-15-17(25)10-13-22(21)30-24/h3-15H,2H2,1H3,(H,26,28). The predicted molar refractivity (Wildman–Crippen MR) is 120 cm³/mol. The number of hydrogen-bond donors (Lipinski definition) is 1. The van der Waals surface area contributed by atoms with E-state index in [4.69, 9.17) is 20.8 Å². The Morgan fingerprint density at radius 2 is 1.93 bits per heavy atom. The van der Waals surface area contributed by atoms with Crippen molar-refractivity contribution in [1.29, 1.82) is 0 Å². The van der Waals surface area contributed by atoms with E-state index in [2.05, 4.69) is 10.3 Å². The summed E-state index contributed by atoms with van der Waals surface area (Å²) in [6.45, 7) is 2.55. The van der Waals surface area contributed by atoms with Crippen molar-refractivity contribution in [1.82, 2.24) is 4.98 Å².